The summed E-state index contributed by atoms with van der Waals surface area (Å²) in [5.74, 6) is 0.881. The third kappa shape index (κ3) is 6.38. The standard InChI is InChI=1S/C30H30N6O6/c1-3-24(37)35-16-8-9-21(17-35)36-29-26(28(31-18-32-29)33-30(39)41-19-40-25(38)4-2)27(34-36)20-12-14-23(15-13-20)42-22-10-6-5-7-11-22/h3,5-7,10-15,18,21H,1,4,8-9,16-17,19H2,2H3,(H,31,32,33,39)/t21-/m1/s1. The highest BCUT2D eigenvalue weighted by atomic mass is 16.7. The minimum absolute atomic E-state index is 0.145. The second-order valence-corrected chi connectivity index (χ2v) is 9.48. The number of benzene rings is 2. The van der Waals surface area contributed by atoms with Crippen molar-refractivity contribution < 1.29 is 28.6 Å². The summed E-state index contributed by atoms with van der Waals surface area (Å²) in [6.07, 6.45) is 3.49. The number of piperidine rings is 1. The highest BCUT2D eigenvalue weighted by Gasteiger charge is 2.28. The molecule has 0 spiro atoms. The van der Waals surface area contributed by atoms with Crippen LogP contribution in [0, 0.1) is 0 Å². The molecule has 1 fully saturated rings. The summed E-state index contributed by atoms with van der Waals surface area (Å²) in [7, 11) is 0. The lowest BCUT2D eigenvalue weighted by molar-refractivity contribution is -0.151. The smallest absolute Gasteiger partial charge is 0.415 e. The van der Waals surface area contributed by atoms with E-state index in [2.05, 4.69) is 21.9 Å². The predicted octanol–water partition coefficient (Wildman–Crippen LogP) is 5.09. The fourth-order valence-corrected chi connectivity index (χ4v) is 4.70. The number of amides is 2. The molecular weight excluding hydrogens is 540 g/mol. The fourth-order valence-electron chi connectivity index (χ4n) is 4.70. The number of ether oxygens (including phenoxy) is 3. The van der Waals surface area contributed by atoms with Crippen LogP contribution in [0.4, 0.5) is 10.6 Å². The summed E-state index contributed by atoms with van der Waals surface area (Å²) in [5, 5.41) is 8.04. The molecule has 0 bridgehead atoms. The van der Waals surface area contributed by atoms with E-state index in [0.29, 0.717) is 41.3 Å². The van der Waals surface area contributed by atoms with E-state index >= 15 is 0 Å². The van der Waals surface area contributed by atoms with Crippen molar-refractivity contribution in [2.24, 2.45) is 0 Å². The molecule has 0 saturated carbocycles. The van der Waals surface area contributed by atoms with Gasteiger partial charge in [0, 0.05) is 25.1 Å². The Labute approximate surface area is 241 Å². The lowest BCUT2D eigenvalue weighted by Crippen LogP contribution is -2.40. The van der Waals surface area contributed by atoms with Crippen LogP contribution >= 0.6 is 0 Å². The molecule has 12 nitrogen and oxygen atoms in total. The van der Waals surface area contributed by atoms with E-state index in [4.69, 9.17) is 19.3 Å². The zero-order valence-electron chi connectivity index (χ0n) is 23.1. The van der Waals surface area contributed by atoms with Crippen LogP contribution in [0.25, 0.3) is 22.3 Å². The third-order valence-corrected chi connectivity index (χ3v) is 6.74. The van der Waals surface area contributed by atoms with Crippen molar-refractivity contribution in [3.63, 3.8) is 0 Å². The first-order valence-electron chi connectivity index (χ1n) is 13.5. The van der Waals surface area contributed by atoms with Crippen LogP contribution in [-0.2, 0) is 19.1 Å². The molecule has 1 aliphatic heterocycles. The molecule has 2 amide bonds. The van der Waals surface area contributed by atoms with E-state index in [1.807, 2.05) is 54.6 Å². The molecule has 3 heterocycles. The molecule has 2 aromatic carbocycles. The van der Waals surface area contributed by atoms with E-state index in [-0.39, 0.29) is 24.2 Å². The number of para-hydroxylation sites is 1. The van der Waals surface area contributed by atoms with Crippen molar-refractivity contribution in [3.05, 3.63) is 73.6 Å². The van der Waals surface area contributed by atoms with E-state index < -0.39 is 18.9 Å². The van der Waals surface area contributed by atoms with Crippen LogP contribution in [0.3, 0.4) is 0 Å². The first-order chi connectivity index (χ1) is 20.5. The molecule has 0 aliphatic carbocycles. The largest absolute Gasteiger partial charge is 0.457 e. The molecule has 42 heavy (non-hydrogen) atoms. The Kier molecular flexibility index (Phi) is 8.71. The van der Waals surface area contributed by atoms with Crippen molar-refractivity contribution >= 4 is 34.8 Å². The Balaban J connectivity index is 1.49. The maximum absolute atomic E-state index is 12.6. The van der Waals surface area contributed by atoms with Gasteiger partial charge in [-0.1, -0.05) is 31.7 Å². The van der Waals surface area contributed by atoms with Crippen LogP contribution in [0.15, 0.2) is 73.6 Å². The second kappa shape index (κ2) is 12.9. The minimum atomic E-state index is -0.857. The van der Waals surface area contributed by atoms with Crippen LogP contribution in [-0.4, -0.2) is 62.5 Å². The van der Waals surface area contributed by atoms with Gasteiger partial charge in [0.05, 0.1) is 11.4 Å². The topological polar surface area (TPSA) is 138 Å². The van der Waals surface area contributed by atoms with Crippen molar-refractivity contribution in [3.8, 4) is 22.8 Å². The van der Waals surface area contributed by atoms with Crippen LogP contribution in [0.1, 0.15) is 32.2 Å². The van der Waals surface area contributed by atoms with Gasteiger partial charge in [0.2, 0.25) is 12.7 Å². The summed E-state index contributed by atoms with van der Waals surface area (Å²) < 4.78 is 17.6. The van der Waals surface area contributed by atoms with Gasteiger partial charge in [-0.15, -0.1) is 0 Å². The predicted molar refractivity (Wildman–Crippen MR) is 154 cm³/mol. The number of nitrogens with one attached hydrogen (secondary N) is 1. The summed E-state index contributed by atoms with van der Waals surface area (Å²) in [6, 6.07) is 16.6. The van der Waals surface area contributed by atoms with E-state index in [0.717, 1.165) is 18.4 Å². The molecule has 1 saturated heterocycles. The quantitative estimate of drug-likeness (QED) is 0.166. The van der Waals surface area contributed by atoms with Gasteiger partial charge < -0.3 is 19.1 Å². The number of aromatic nitrogens is 4. The monoisotopic (exact) mass is 570 g/mol. The van der Waals surface area contributed by atoms with Crippen molar-refractivity contribution in [2.45, 2.75) is 32.2 Å². The first kappa shape index (κ1) is 28.3. The SMILES string of the molecule is C=CC(=O)N1CCC[C@@H](n2nc(-c3ccc(Oc4ccccc4)cc3)c3c(NC(=O)OCOC(=O)CC)ncnc32)C1. The van der Waals surface area contributed by atoms with Crippen LogP contribution in [0.2, 0.25) is 0 Å². The lowest BCUT2D eigenvalue weighted by Gasteiger charge is -2.32. The zero-order chi connectivity index (χ0) is 29.5. The number of hydrogen-bond acceptors (Lipinski definition) is 9. The molecule has 12 heteroatoms. The molecule has 5 rings (SSSR count). The molecule has 0 unspecified atom stereocenters. The number of carbonyl (C=O) groups is 3. The minimum Gasteiger partial charge on any atom is -0.457 e. The third-order valence-electron chi connectivity index (χ3n) is 6.74. The van der Waals surface area contributed by atoms with E-state index in [1.165, 1.54) is 12.4 Å². The molecular formula is C30H30N6O6. The highest BCUT2D eigenvalue weighted by molar-refractivity contribution is 6.03. The van der Waals surface area contributed by atoms with Crippen molar-refractivity contribution in [1.82, 2.24) is 24.6 Å². The normalized spacial score (nSPS) is 14.7. The van der Waals surface area contributed by atoms with E-state index in [1.54, 1.807) is 16.5 Å². The number of carbonyl (C=O) groups excluding carboxylic acids is 3. The molecule has 1 N–H and O–H groups in total. The number of hydrogen-bond donors (Lipinski definition) is 1. The molecule has 1 aliphatic rings. The molecule has 216 valence electrons. The number of likely N-dealkylation sites (tertiary alicyclic amines) is 1. The number of anilines is 1. The average molecular weight is 571 g/mol. The van der Waals surface area contributed by atoms with Crippen molar-refractivity contribution in [1.29, 1.82) is 0 Å². The summed E-state index contributed by atoms with van der Waals surface area (Å²) in [4.78, 5) is 46.9. The van der Waals surface area contributed by atoms with Gasteiger partial charge in [-0.3, -0.25) is 14.9 Å². The van der Waals surface area contributed by atoms with E-state index in [9.17, 15) is 14.4 Å². The first-order valence-corrected chi connectivity index (χ1v) is 13.5. The lowest BCUT2D eigenvalue weighted by atomic mass is 10.1. The van der Waals surface area contributed by atoms with Crippen LogP contribution < -0.4 is 10.1 Å². The Morgan fingerprint density at radius 3 is 2.55 bits per heavy atom. The highest BCUT2D eigenvalue weighted by Crippen LogP contribution is 2.36. The number of esters is 1. The van der Waals surface area contributed by atoms with Gasteiger partial charge in [0.15, 0.2) is 11.5 Å². The average Bonchev–Trinajstić information content (AvgIpc) is 3.42. The number of rotatable bonds is 9. The van der Waals surface area contributed by atoms with Gasteiger partial charge in [0.25, 0.3) is 0 Å². The molecule has 0 radical (unpaired) electrons. The maximum atomic E-state index is 12.6. The number of nitrogens with zero attached hydrogens (tertiary/aromatic N) is 5. The number of fused-ring (bicyclic) bond motifs is 1. The second-order valence-electron chi connectivity index (χ2n) is 9.48. The maximum Gasteiger partial charge on any atom is 0.415 e. The Morgan fingerprint density at radius 1 is 1.05 bits per heavy atom. The Bertz CT molecular complexity index is 1590. The van der Waals surface area contributed by atoms with Gasteiger partial charge >= 0.3 is 12.1 Å². The molecule has 1 atom stereocenters. The fraction of sp³-hybridized carbons (Fsp3) is 0.267. The van der Waals surface area contributed by atoms with Gasteiger partial charge in [-0.05, 0) is 55.3 Å². The zero-order valence-corrected chi connectivity index (χ0v) is 23.1. The van der Waals surface area contributed by atoms with Gasteiger partial charge in [-0.25, -0.2) is 19.4 Å². The van der Waals surface area contributed by atoms with Gasteiger partial charge in [0.1, 0.15) is 23.5 Å². The van der Waals surface area contributed by atoms with Gasteiger partial charge in [-0.2, -0.15) is 5.10 Å². The van der Waals surface area contributed by atoms with Crippen LogP contribution in [0.5, 0.6) is 11.5 Å². The molecule has 2 aromatic heterocycles. The Morgan fingerprint density at radius 2 is 1.81 bits per heavy atom. The summed E-state index contributed by atoms with van der Waals surface area (Å²) in [5.41, 5.74) is 1.74. The summed E-state index contributed by atoms with van der Waals surface area (Å²) >= 11 is 0. The molecule has 4 aromatic rings. The van der Waals surface area contributed by atoms with Crippen molar-refractivity contribution in [2.75, 3.05) is 25.2 Å². The summed E-state index contributed by atoms with van der Waals surface area (Å²) in [6.45, 7) is 5.78. The Hall–Kier alpha value is -5.26.